The molecule has 0 aromatic carbocycles. The largest absolute Gasteiger partial charge is 0.380 e. The van der Waals surface area contributed by atoms with Crippen LogP contribution >= 0.6 is 0 Å². The van der Waals surface area contributed by atoms with E-state index < -0.39 is 11.8 Å². The van der Waals surface area contributed by atoms with Crippen LogP contribution < -0.4 is 0 Å². The van der Waals surface area contributed by atoms with E-state index in [0.717, 1.165) is 19.1 Å². The van der Waals surface area contributed by atoms with Gasteiger partial charge in [0.1, 0.15) is 6.29 Å². The predicted molar refractivity (Wildman–Crippen MR) is 52.1 cm³/mol. The van der Waals surface area contributed by atoms with Crippen molar-refractivity contribution < 1.29 is 18.3 Å². The molecule has 1 unspecified atom stereocenters. The van der Waals surface area contributed by atoms with E-state index in [0.29, 0.717) is 19.8 Å². The van der Waals surface area contributed by atoms with Gasteiger partial charge >= 0.3 is 0 Å². The van der Waals surface area contributed by atoms with E-state index in [2.05, 4.69) is 0 Å². The topological polar surface area (TPSA) is 29.5 Å². The number of nitrogens with zero attached hydrogens (tertiary/aromatic N) is 1. The molecule has 1 rings (SSSR count). The molecule has 5 heteroatoms. The van der Waals surface area contributed by atoms with Gasteiger partial charge in [0.15, 0.2) is 0 Å². The lowest BCUT2D eigenvalue weighted by Crippen LogP contribution is -2.44. The second kappa shape index (κ2) is 5.51. The van der Waals surface area contributed by atoms with Crippen molar-refractivity contribution in [3.63, 3.8) is 0 Å². The highest BCUT2D eigenvalue weighted by Gasteiger charge is 2.34. The first kappa shape index (κ1) is 12.5. The molecule has 88 valence electrons. The number of ether oxygens (including phenoxy) is 1. The summed E-state index contributed by atoms with van der Waals surface area (Å²) in [6.07, 6.45) is 0.0441. The van der Waals surface area contributed by atoms with Crippen LogP contribution in [0.25, 0.3) is 0 Å². The molecule has 0 aliphatic carbocycles. The molecule has 0 aromatic heterocycles. The molecule has 1 saturated heterocycles. The second-order valence-corrected chi connectivity index (χ2v) is 4.22. The van der Waals surface area contributed by atoms with Crippen molar-refractivity contribution >= 4 is 6.29 Å². The molecule has 0 amide bonds. The van der Waals surface area contributed by atoms with Crippen molar-refractivity contribution in [2.24, 2.45) is 5.41 Å². The third-order valence-electron chi connectivity index (χ3n) is 2.64. The number of hydrogen-bond donors (Lipinski definition) is 0. The summed E-state index contributed by atoms with van der Waals surface area (Å²) < 4.78 is 29.5. The highest BCUT2D eigenvalue weighted by molar-refractivity contribution is 5.60. The lowest BCUT2D eigenvalue weighted by molar-refractivity contribution is -0.125. The predicted octanol–water partition coefficient (Wildman–Crippen LogP) is 1.18. The zero-order valence-electron chi connectivity index (χ0n) is 8.92. The molecule has 0 spiro atoms. The van der Waals surface area contributed by atoms with Crippen LogP contribution in [0.4, 0.5) is 8.78 Å². The summed E-state index contributed by atoms with van der Waals surface area (Å²) in [5, 5.41) is 0. The van der Waals surface area contributed by atoms with Crippen molar-refractivity contribution in [2.45, 2.75) is 19.3 Å². The number of alkyl halides is 2. The minimum atomic E-state index is -2.36. The summed E-state index contributed by atoms with van der Waals surface area (Å²) in [5.41, 5.74) is -0.581. The standard InChI is InChI=1S/C10H17F2NO2/c1-13(5-9(11)12)6-10(7-14)3-2-4-15-8-10/h7,9H,2-6,8H2,1H3. The van der Waals surface area contributed by atoms with Crippen LogP contribution in [-0.2, 0) is 9.53 Å². The lowest BCUT2D eigenvalue weighted by Gasteiger charge is -2.35. The highest BCUT2D eigenvalue weighted by atomic mass is 19.3. The van der Waals surface area contributed by atoms with E-state index in [4.69, 9.17) is 4.74 Å². The normalized spacial score (nSPS) is 27.3. The van der Waals surface area contributed by atoms with Gasteiger partial charge in [0.25, 0.3) is 6.43 Å². The van der Waals surface area contributed by atoms with E-state index >= 15 is 0 Å². The maximum atomic E-state index is 12.1. The molecule has 15 heavy (non-hydrogen) atoms. The fourth-order valence-corrected chi connectivity index (χ4v) is 1.97. The van der Waals surface area contributed by atoms with Crippen LogP contribution in [0.5, 0.6) is 0 Å². The van der Waals surface area contributed by atoms with Crippen molar-refractivity contribution in [3.05, 3.63) is 0 Å². The Kier molecular flexibility index (Phi) is 4.60. The first-order chi connectivity index (χ1) is 7.08. The smallest absolute Gasteiger partial charge is 0.251 e. The average Bonchev–Trinajstić information content (AvgIpc) is 2.17. The van der Waals surface area contributed by atoms with Gasteiger partial charge in [-0.05, 0) is 19.9 Å². The number of aldehydes is 1. The molecule has 0 aromatic rings. The van der Waals surface area contributed by atoms with E-state index in [1.54, 1.807) is 7.05 Å². The van der Waals surface area contributed by atoms with Gasteiger partial charge in [-0.15, -0.1) is 0 Å². The molecule has 1 atom stereocenters. The molecule has 1 aliphatic rings. The van der Waals surface area contributed by atoms with Crippen LogP contribution in [-0.4, -0.2) is 51.0 Å². The van der Waals surface area contributed by atoms with E-state index in [9.17, 15) is 13.6 Å². The summed E-state index contributed by atoms with van der Waals surface area (Å²) in [5.74, 6) is 0. The fourth-order valence-electron chi connectivity index (χ4n) is 1.97. The van der Waals surface area contributed by atoms with Crippen molar-refractivity contribution in [2.75, 3.05) is 33.4 Å². The van der Waals surface area contributed by atoms with Crippen molar-refractivity contribution in [1.82, 2.24) is 4.90 Å². The Morgan fingerprint density at radius 3 is 2.80 bits per heavy atom. The maximum absolute atomic E-state index is 12.1. The average molecular weight is 221 g/mol. The molecule has 1 fully saturated rings. The summed E-state index contributed by atoms with van der Waals surface area (Å²) >= 11 is 0. The number of carbonyl (C=O) groups excluding carboxylic acids is 1. The molecule has 0 bridgehead atoms. The Balaban J connectivity index is 2.47. The van der Waals surface area contributed by atoms with E-state index in [1.807, 2.05) is 0 Å². The van der Waals surface area contributed by atoms with Crippen LogP contribution in [0, 0.1) is 5.41 Å². The Morgan fingerprint density at radius 1 is 1.60 bits per heavy atom. The maximum Gasteiger partial charge on any atom is 0.251 e. The molecule has 0 radical (unpaired) electrons. The third kappa shape index (κ3) is 3.83. The Bertz CT molecular complexity index is 206. The quantitative estimate of drug-likeness (QED) is 0.653. The minimum absolute atomic E-state index is 0.296. The Labute approximate surface area is 88.4 Å². The lowest BCUT2D eigenvalue weighted by atomic mass is 9.83. The van der Waals surface area contributed by atoms with Crippen LogP contribution in [0.15, 0.2) is 0 Å². The van der Waals surface area contributed by atoms with Crippen LogP contribution in [0.1, 0.15) is 12.8 Å². The van der Waals surface area contributed by atoms with Gasteiger partial charge in [-0.3, -0.25) is 4.90 Å². The van der Waals surface area contributed by atoms with Crippen LogP contribution in [0.2, 0.25) is 0 Å². The van der Waals surface area contributed by atoms with E-state index in [1.165, 1.54) is 4.90 Å². The number of halogens is 2. The van der Waals surface area contributed by atoms with Crippen LogP contribution in [0.3, 0.4) is 0 Å². The summed E-state index contributed by atoms with van der Waals surface area (Å²) in [6, 6.07) is 0. The number of rotatable bonds is 5. The molecule has 1 aliphatic heterocycles. The second-order valence-electron chi connectivity index (χ2n) is 4.22. The number of hydrogen-bond acceptors (Lipinski definition) is 3. The summed E-state index contributed by atoms with van der Waals surface area (Å²) in [4.78, 5) is 12.5. The number of carbonyl (C=O) groups is 1. The van der Waals surface area contributed by atoms with Gasteiger partial charge in [-0.1, -0.05) is 0 Å². The molecule has 0 N–H and O–H groups in total. The Morgan fingerprint density at radius 2 is 2.33 bits per heavy atom. The van der Waals surface area contributed by atoms with Crippen molar-refractivity contribution in [1.29, 1.82) is 0 Å². The van der Waals surface area contributed by atoms with Gasteiger partial charge < -0.3 is 9.53 Å². The molecule has 3 nitrogen and oxygen atoms in total. The minimum Gasteiger partial charge on any atom is -0.380 e. The van der Waals surface area contributed by atoms with Gasteiger partial charge in [-0.25, -0.2) is 8.78 Å². The van der Waals surface area contributed by atoms with Gasteiger partial charge in [0.05, 0.1) is 18.6 Å². The monoisotopic (exact) mass is 221 g/mol. The van der Waals surface area contributed by atoms with Gasteiger partial charge in [0, 0.05) is 13.2 Å². The zero-order valence-corrected chi connectivity index (χ0v) is 8.92. The third-order valence-corrected chi connectivity index (χ3v) is 2.64. The first-order valence-electron chi connectivity index (χ1n) is 5.09. The molecule has 0 saturated carbocycles. The molecular formula is C10H17F2NO2. The first-order valence-corrected chi connectivity index (χ1v) is 5.09. The van der Waals surface area contributed by atoms with Gasteiger partial charge in [-0.2, -0.15) is 0 Å². The SMILES string of the molecule is CN(CC(F)F)CC1(C=O)CCCOC1. The summed E-state index contributed by atoms with van der Waals surface area (Å²) in [7, 11) is 1.60. The van der Waals surface area contributed by atoms with Gasteiger partial charge in [0.2, 0.25) is 0 Å². The Hall–Kier alpha value is -0.550. The van der Waals surface area contributed by atoms with Crippen molar-refractivity contribution in [3.8, 4) is 0 Å². The molecular weight excluding hydrogens is 204 g/mol. The molecule has 1 heterocycles. The zero-order chi connectivity index (χ0) is 11.3. The fraction of sp³-hybridized carbons (Fsp3) is 0.900. The summed E-state index contributed by atoms with van der Waals surface area (Å²) in [6.45, 7) is 1.06. The highest BCUT2D eigenvalue weighted by Crippen LogP contribution is 2.27. The van der Waals surface area contributed by atoms with E-state index in [-0.39, 0.29) is 6.54 Å².